The first-order valence-corrected chi connectivity index (χ1v) is 12.5. The van der Waals surface area contributed by atoms with Crippen LogP contribution in [0.25, 0.3) is 5.76 Å². The summed E-state index contributed by atoms with van der Waals surface area (Å²) in [5.41, 5.74) is 1.44. The largest absolute Gasteiger partial charge is 0.508 e. The van der Waals surface area contributed by atoms with E-state index in [1.807, 2.05) is 0 Å². The number of nitrogens with two attached hydrogens (primary N) is 1. The normalized spacial score (nSPS) is 28.5. The average molecular weight is 508 g/mol. The average Bonchev–Trinajstić information content (AvgIpc) is 2.71. The van der Waals surface area contributed by atoms with Gasteiger partial charge in [0.1, 0.15) is 22.8 Å². The number of sulfonamides is 1. The van der Waals surface area contributed by atoms with Gasteiger partial charge in [0.15, 0.2) is 11.4 Å². The minimum Gasteiger partial charge on any atom is -0.508 e. The number of ketones is 2. The molecular formula is C22H25N3O9S. The molecule has 1 aromatic carbocycles. The number of aromatic hydroxyl groups is 1. The summed E-state index contributed by atoms with van der Waals surface area (Å²) in [6, 6.07) is 1.25. The highest BCUT2D eigenvalue weighted by Crippen LogP contribution is 2.53. The number of primary amides is 1. The van der Waals surface area contributed by atoms with Gasteiger partial charge in [-0.15, -0.1) is 0 Å². The quantitative estimate of drug-likeness (QED) is 0.224. The number of hydrogen-bond acceptors (Lipinski definition) is 10. The Hall–Kier alpha value is -3.42. The number of benzene rings is 1. The van der Waals surface area contributed by atoms with Crippen LogP contribution in [0, 0.1) is 11.8 Å². The highest BCUT2D eigenvalue weighted by Gasteiger charge is 2.64. The zero-order valence-electron chi connectivity index (χ0n) is 19.1. The Balaban J connectivity index is 1.97. The predicted octanol–water partition coefficient (Wildman–Crippen LogP) is -0.664. The molecule has 1 saturated carbocycles. The molecule has 4 atom stereocenters. The van der Waals surface area contributed by atoms with Gasteiger partial charge >= 0.3 is 0 Å². The van der Waals surface area contributed by atoms with Gasteiger partial charge in [-0.25, -0.2) is 8.42 Å². The second-order valence-corrected chi connectivity index (χ2v) is 11.1. The number of anilines is 1. The molecular weight excluding hydrogens is 482 g/mol. The number of fused-ring (bicyclic) bond motifs is 3. The predicted molar refractivity (Wildman–Crippen MR) is 123 cm³/mol. The molecule has 35 heavy (non-hydrogen) atoms. The summed E-state index contributed by atoms with van der Waals surface area (Å²) in [6.45, 7) is 0. The van der Waals surface area contributed by atoms with Gasteiger partial charge in [0.05, 0.1) is 23.5 Å². The van der Waals surface area contributed by atoms with E-state index in [0.717, 1.165) is 12.3 Å². The van der Waals surface area contributed by atoms with Crippen LogP contribution in [0.2, 0.25) is 0 Å². The third-order valence-electron chi connectivity index (χ3n) is 6.90. The molecule has 0 aliphatic heterocycles. The van der Waals surface area contributed by atoms with Crippen molar-refractivity contribution in [3.05, 3.63) is 40.2 Å². The van der Waals surface area contributed by atoms with Crippen molar-refractivity contribution in [2.75, 3.05) is 25.1 Å². The van der Waals surface area contributed by atoms with E-state index in [2.05, 4.69) is 4.72 Å². The summed E-state index contributed by atoms with van der Waals surface area (Å²) < 4.78 is 26.0. The maximum atomic E-state index is 13.7. The Kier molecular flexibility index (Phi) is 5.50. The number of nitrogens with one attached hydrogen (secondary N) is 1. The monoisotopic (exact) mass is 507 g/mol. The Bertz CT molecular complexity index is 1360. The van der Waals surface area contributed by atoms with Gasteiger partial charge in [-0.2, -0.15) is 0 Å². The lowest BCUT2D eigenvalue weighted by molar-refractivity contribution is -0.153. The van der Waals surface area contributed by atoms with Crippen LogP contribution in [0.4, 0.5) is 5.69 Å². The summed E-state index contributed by atoms with van der Waals surface area (Å²) >= 11 is 0. The molecule has 1 amide bonds. The Labute approximate surface area is 200 Å². The molecule has 1 aromatic rings. The molecule has 3 aliphatic carbocycles. The number of aliphatic hydroxyl groups is 3. The van der Waals surface area contributed by atoms with Crippen LogP contribution in [0.3, 0.4) is 0 Å². The maximum Gasteiger partial charge on any atom is 0.255 e. The molecule has 188 valence electrons. The fraction of sp³-hybridized carbons (Fsp3) is 0.409. The van der Waals surface area contributed by atoms with Crippen molar-refractivity contribution in [1.82, 2.24) is 4.90 Å². The molecule has 0 aromatic heterocycles. The summed E-state index contributed by atoms with van der Waals surface area (Å²) in [5.74, 6) is -7.65. The minimum absolute atomic E-state index is 0.0270. The lowest BCUT2D eigenvalue weighted by Crippen LogP contribution is -2.65. The molecule has 0 saturated heterocycles. The number of Topliss-reactive ketones (excluding diaryl/α,β-unsaturated/α-hetero) is 2. The zero-order valence-corrected chi connectivity index (χ0v) is 19.9. The van der Waals surface area contributed by atoms with Crippen molar-refractivity contribution < 1.29 is 43.2 Å². The van der Waals surface area contributed by atoms with E-state index in [1.165, 1.54) is 25.1 Å². The highest BCUT2D eigenvalue weighted by atomic mass is 32.2. The summed E-state index contributed by atoms with van der Waals surface area (Å²) in [4.78, 5) is 40.1. The maximum absolute atomic E-state index is 13.7. The first-order chi connectivity index (χ1) is 16.1. The second-order valence-electron chi connectivity index (χ2n) is 9.32. The van der Waals surface area contributed by atoms with Gasteiger partial charge in [0, 0.05) is 11.5 Å². The number of phenolic OH excluding ortho intramolecular Hbond substituents is 1. The van der Waals surface area contributed by atoms with E-state index in [9.17, 15) is 43.2 Å². The van der Waals surface area contributed by atoms with Crippen molar-refractivity contribution in [2.24, 2.45) is 17.6 Å². The van der Waals surface area contributed by atoms with Gasteiger partial charge in [0.2, 0.25) is 15.8 Å². The molecule has 0 heterocycles. The molecule has 0 radical (unpaired) electrons. The van der Waals surface area contributed by atoms with Gasteiger partial charge < -0.3 is 26.2 Å². The number of phenols is 1. The van der Waals surface area contributed by atoms with Crippen LogP contribution in [-0.4, -0.2) is 83.2 Å². The number of hydrogen-bond donors (Lipinski definition) is 6. The number of carbonyl (C=O) groups is 3. The van der Waals surface area contributed by atoms with Gasteiger partial charge in [-0.3, -0.25) is 24.0 Å². The number of likely N-dealkylation sites (N-methyl/N-ethyl adjacent to an activating group) is 1. The van der Waals surface area contributed by atoms with E-state index in [4.69, 9.17) is 5.73 Å². The minimum atomic E-state index is -3.73. The van der Waals surface area contributed by atoms with Crippen molar-refractivity contribution in [1.29, 1.82) is 0 Å². The first-order valence-electron chi connectivity index (χ1n) is 10.6. The van der Waals surface area contributed by atoms with Gasteiger partial charge in [-0.05, 0) is 50.6 Å². The van der Waals surface area contributed by atoms with Crippen LogP contribution >= 0.6 is 0 Å². The van der Waals surface area contributed by atoms with Crippen LogP contribution < -0.4 is 10.5 Å². The SMILES string of the molecule is CN(C)C1C(=O)C(C(N)=O)=C(O)[C@@]2(O)C(=O)C3=C(O)c4c(O)ccc(NS(C)(=O)=O)c4C[C@H]3C[C@@H]12. The van der Waals surface area contributed by atoms with E-state index in [1.54, 1.807) is 0 Å². The van der Waals surface area contributed by atoms with E-state index in [0.29, 0.717) is 0 Å². The Morgan fingerprint density at radius 3 is 2.37 bits per heavy atom. The molecule has 1 fully saturated rings. The van der Waals surface area contributed by atoms with Crippen LogP contribution in [-0.2, 0) is 30.8 Å². The topological polar surface area (TPSA) is 208 Å². The number of amides is 1. The fourth-order valence-electron chi connectivity index (χ4n) is 5.54. The molecule has 7 N–H and O–H groups in total. The molecule has 4 rings (SSSR count). The number of carbonyl (C=O) groups excluding carboxylic acids is 3. The fourth-order valence-corrected chi connectivity index (χ4v) is 6.13. The smallest absolute Gasteiger partial charge is 0.255 e. The Morgan fingerprint density at radius 1 is 1.20 bits per heavy atom. The van der Waals surface area contributed by atoms with Crippen LogP contribution in [0.1, 0.15) is 17.5 Å². The lowest BCUT2D eigenvalue weighted by atomic mass is 9.57. The highest BCUT2D eigenvalue weighted by molar-refractivity contribution is 7.92. The van der Waals surface area contributed by atoms with E-state index >= 15 is 0 Å². The second kappa shape index (κ2) is 7.80. The molecule has 3 aliphatic rings. The van der Waals surface area contributed by atoms with Crippen molar-refractivity contribution in [3.63, 3.8) is 0 Å². The summed E-state index contributed by atoms with van der Waals surface area (Å²) in [7, 11) is -0.730. The zero-order chi connectivity index (χ0) is 26.2. The number of aliphatic hydroxyl groups excluding tert-OH is 2. The van der Waals surface area contributed by atoms with Gasteiger partial charge in [-0.1, -0.05) is 0 Å². The molecule has 13 heteroatoms. The van der Waals surface area contributed by atoms with E-state index < -0.39 is 73.8 Å². The van der Waals surface area contributed by atoms with Gasteiger partial charge in [0.25, 0.3) is 5.91 Å². The number of rotatable bonds is 4. The summed E-state index contributed by atoms with van der Waals surface area (Å²) in [5, 5.41) is 43.8. The van der Waals surface area contributed by atoms with Crippen molar-refractivity contribution in [2.45, 2.75) is 24.5 Å². The number of nitrogens with zero attached hydrogens (tertiary/aromatic N) is 1. The first kappa shape index (κ1) is 24.7. The third-order valence-corrected chi connectivity index (χ3v) is 7.49. The standard InChI is InChI=1S/C22H25N3O9S/c1-25(2)16-10-7-8-6-9-11(24-35(3,33)34)4-5-12(26)14(9)17(27)13(8)19(29)22(10,32)20(30)15(18(16)28)21(23)31/h4-5,8,10,16,24,26-27,30,32H,6-7H2,1-3H3,(H2,23,31)/t8-,10-,16?,22-/m0/s1. The van der Waals surface area contributed by atoms with Crippen molar-refractivity contribution in [3.8, 4) is 5.75 Å². The van der Waals surface area contributed by atoms with Crippen LogP contribution in [0.5, 0.6) is 5.75 Å². The third kappa shape index (κ3) is 3.49. The lowest BCUT2D eigenvalue weighted by Gasteiger charge is -2.50. The molecule has 1 unspecified atom stereocenters. The molecule has 0 bridgehead atoms. The molecule has 0 spiro atoms. The van der Waals surface area contributed by atoms with E-state index in [-0.39, 0.29) is 35.2 Å². The molecule has 12 nitrogen and oxygen atoms in total. The van der Waals surface area contributed by atoms with Crippen LogP contribution in [0.15, 0.2) is 29.0 Å². The summed E-state index contributed by atoms with van der Waals surface area (Å²) in [6.07, 6.45) is 0.807. The van der Waals surface area contributed by atoms with Crippen molar-refractivity contribution >= 4 is 38.9 Å². The Morgan fingerprint density at radius 2 is 1.83 bits per heavy atom.